The van der Waals surface area contributed by atoms with Gasteiger partial charge in [0, 0.05) is 0 Å². The van der Waals surface area contributed by atoms with E-state index >= 15 is 0 Å². The molecule has 0 radical (unpaired) electrons. The highest BCUT2D eigenvalue weighted by Crippen LogP contribution is 2.31. The molecule has 0 saturated carbocycles. The molecule has 0 spiro atoms. The average Bonchev–Trinajstić information content (AvgIpc) is 2.17. The zero-order valence-electron chi connectivity index (χ0n) is 8.86. The second-order valence-electron chi connectivity index (χ2n) is 4.10. The summed E-state index contributed by atoms with van der Waals surface area (Å²) < 4.78 is 0. The summed E-state index contributed by atoms with van der Waals surface area (Å²) in [5, 5.41) is 21.0. The van der Waals surface area contributed by atoms with Crippen molar-refractivity contribution in [1.29, 1.82) is 0 Å². The maximum absolute atomic E-state index is 9.79. The lowest BCUT2D eigenvalue weighted by molar-refractivity contribution is 0.465. The third kappa shape index (κ3) is 1.75. The van der Waals surface area contributed by atoms with Crippen molar-refractivity contribution in [2.75, 3.05) is 0 Å². The molecule has 0 saturated heterocycles. The lowest BCUT2D eigenvalue weighted by atomic mass is 9.98. The van der Waals surface area contributed by atoms with E-state index in [-0.39, 0.29) is 11.7 Å². The number of phenolic OH excluding ortho intramolecular Hbond substituents is 2. The van der Waals surface area contributed by atoms with Crippen LogP contribution in [0.3, 0.4) is 0 Å². The molecule has 2 rings (SSSR count). The van der Waals surface area contributed by atoms with Gasteiger partial charge in [-0.25, -0.2) is 0 Å². The fourth-order valence-corrected chi connectivity index (χ4v) is 1.75. The van der Waals surface area contributed by atoms with Gasteiger partial charge < -0.3 is 10.2 Å². The Hall–Kier alpha value is -1.70. The minimum atomic E-state index is 0.253. The SMILES string of the molecule is CC(C)c1cc2cc(O)ccc2cc1O. The van der Waals surface area contributed by atoms with Crippen molar-refractivity contribution in [2.24, 2.45) is 0 Å². The van der Waals surface area contributed by atoms with Crippen LogP contribution in [0, 0.1) is 0 Å². The number of aromatic hydroxyl groups is 2. The van der Waals surface area contributed by atoms with E-state index in [0.29, 0.717) is 5.75 Å². The monoisotopic (exact) mass is 202 g/mol. The van der Waals surface area contributed by atoms with E-state index in [2.05, 4.69) is 0 Å². The summed E-state index contributed by atoms with van der Waals surface area (Å²) in [5.74, 6) is 0.850. The molecule has 78 valence electrons. The van der Waals surface area contributed by atoms with Crippen molar-refractivity contribution >= 4 is 10.8 Å². The van der Waals surface area contributed by atoms with Crippen molar-refractivity contribution in [3.63, 3.8) is 0 Å². The van der Waals surface area contributed by atoms with E-state index in [1.807, 2.05) is 19.9 Å². The van der Waals surface area contributed by atoms with Crippen LogP contribution in [0.4, 0.5) is 0 Å². The largest absolute Gasteiger partial charge is 0.508 e. The second-order valence-corrected chi connectivity index (χ2v) is 4.10. The van der Waals surface area contributed by atoms with Gasteiger partial charge in [-0.3, -0.25) is 0 Å². The smallest absolute Gasteiger partial charge is 0.119 e. The Morgan fingerprint density at radius 1 is 0.933 bits per heavy atom. The van der Waals surface area contributed by atoms with E-state index in [0.717, 1.165) is 16.3 Å². The molecular formula is C13H14O2. The third-order valence-electron chi connectivity index (χ3n) is 2.59. The fourth-order valence-electron chi connectivity index (χ4n) is 1.75. The molecule has 0 heterocycles. The van der Waals surface area contributed by atoms with Gasteiger partial charge in [0.1, 0.15) is 11.5 Å². The number of hydrogen-bond donors (Lipinski definition) is 2. The summed E-state index contributed by atoms with van der Waals surface area (Å²) in [6, 6.07) is 8.80. The second kappa shape index (κ2) is 3.46. The lowest BCUT2D eigenvalue weighted by Crippen LogP contribution is -1.88. The van der Waals surface area contributed by atoms with Gasteiger partial charge in [-0.1, -0.05) is 19.9 Å². The van der Waals surface area contributed by atoms with Crippen molar-refractivity contribution in [1.82, 2.24) is 0 Å². The number of phenols is 2. The summed E-state index contributed by atoms with van der Waals surface area (Å²) in [4.78, 5) is 0. The first kappa shape index (κ1) is 9.84. The van der Waals surface area contributed by atoms with Gasteiger partial charge in [0.2, 0.25) is 0 Å². The predicted octanol–water partition coefficient (Wildman–Crippen LogP) is 3.37. The van der Waals surface area contributed by atoms with E-state index in [1.54, 1.807) is 24.3 Å². The van der Waals surface area contributed by atoms with Gasteiger partial charge in [0.15, 0.2) is 0 Å². The fraction of sp³-hybridized carbons (Fsp3) is 0.231. The molecule has 0 atom stereocenters. The molecule has 15 heavy (non-hydrogen) atoms. The van der Waals surface area contributed by atoms with E-state index in [9.17, 15) is 10.2 Å². The predicted molar refractivity (Wildman–Crippen MR) is 61.4 cm³/mol. The Bertz CT molecular complexity index is 501. The molecule has 0 fully saturated rings. The summed E-state index contributed by atoms with van der Waals surface area (Å²) in [6.07, 6.45) is 0. The maximum Gasteiger partial charge on any atom is 0.119 e. The van der Waals surface area contributed by atoms with E-state index in [1.165, 1.54) is 0 Å². The standard InChI is InChI=1S/C13H14O2/c1-8(2)12-6-10-5-11(14)4-3-9(10)7-13(12)15/h3-8,14-15H,1-2H3. The maximum atomic E-state index is 9.79. The molecule has 0 aliphatic carbocycles. The summed E-state index contributed by atoms with van der Waals surface area (Å²) in [7, 11) is 0. The van der Waals surface area contributed by atoms with Crippen LogP contribution < -0.4 is 0 Å². The van der Waals surface area contributed by atoms with Crippen LogP contribution in [0.1, 0.15) is 25.3 Å². The first-order valence-electron chi connectivity index (χ1n) is 5.03. The first-order chi connectivity index (χ1) is 7.08. The van der Waals surface area contributed by atoms with Crippen LogP contribution in [-0.2, 0) is 0 Å². The molecule has 2 heteroatoms. The zero-order chi connectivity index (χ0) is 11.0. The Balaban J connectivity index is 2.72. The molecular weight excluding hydrogens is 188 g/mol. The number of hydrogen-bond acceptors (Lipinski definition) is 2. The van der Waals surface area contributed by atoms with Crippen LogP contribution in [-0.4, -0.2) is 10.2 Å². The molecule has 2 aromatic rings. The number of benzene rings is 2. The quantitative estimate of drug-likeness (QED) is 0.744. The van der Waals surface area contributed by atoms with Crippen LogP contribution in [0.15, 0.2) is 30.3 Å². The minimum absolute atomic E-state index is 0.253. The molecule has 2 aromatic carbocycles. The van der Waals surface area contributed by atoms with Crippen molar-refractivity contribution in [3.8, 4) is 11.5 Å². The molecule has 0 unspecified atom stereocenters. The van der Waals surface area contributed by atoms with Crippen molar-refractivity contribution in [3.05, 3.63) is 35.9 Å². The molecule has 0 bridgehead atoms. The Labute approximate surface area is 88.8 Å². The van der Waals surface area contributed by atoms with E-state index < -0.39 is 0 Å². The normalized spacial score (nSPS) is 11.1. The summed E-state index contributed by atoms with van der Waals surface area (Å²) >= 11 is 0. The minimum Gasteiger partial charge on any atom is -0.508 e. The third-order valence-corrected chi connectivity index (χ3v) is 2.59. The molecule has 0 aromatic heterocycles. The number of fused-ring (bicyclic) bond motifs is 1. The average molecular weight is 202 g/mol. The van der Waals surface area contributed by atoms with Crippen LogP contribution in [0.25, 0.3) is 10.8 Å². The Kier molecular flexibility index (Phi) is 2.27. The van der Waals surface area contributed by atoms with Crippen molar-refractivity contribution in [2.45, 2.75) is 19.8 Å². The topological polar surface area (TPSA) is 40.5 Å². The van der Waals surface area contributed by atoms with Gasteiger partial charge in [-0.05, 0) is 46.5 Å². The van der Waals surface area contributed by atoms with Gasteiger partial charge >= 0.3 is 0 Å². The highest BCUT2D eigenvalue weighted by atomic mass is 16.3. The van der Waals surface area contributed by atoms with Gasteiger partial charge in [0.05, 0.1) is 0 Å². The van der Waals surface area contributed by atoms with Crippen molar-refractivity contribution < 1.29 is 10.2 Å². The molecule has 2 nitrogen and oxygen atoms in total. The summed E-state index contributed by atoms with van der Waals surface area (Å²) in [6.45, 7) is 4.06. The van der Waals surface area contributed by atoms with Gasteiger partial charge in [0.25, 0.3) is 0 Å². The first-order valence-corrected chi connectivity index (χ1v) is 5.03. The van der Waals surface area contributed by atoms with E-state index in [4.69, 9.17) is 0 Å². The highest BCUT2D eigenvalue weighted by molar-refractivity contribution is 5.86. The summed E-state index contributed by atoms with van der Waals surface area (Å²) in [5.41, 5.74) is 0.910. The Morgan fingerprint density at radius 2 is 1.67 bits per heavy atom. The molecule has 2 N–H and O–H groups in total. The van der Waals surface area contributed by atoms with Crippen LogP contribution in [0.5, 0.6) is 11.5 Å². The van der Waals surface area contributed by atoms with Crippen LogP contribution in [0.2, 0.25) is 0 Å². The van der Waals surface area contributed by atoms with Gasteiger partial charge in [-0.2, -0.15) is 0 Å². The lowest BCUT2D eigenvalue weighted by Gasteiger charge is -2.10. The zero-order valence-corrected chi connectivity index (χ0v) is 8.86. The van der Waals surface area contributed by atoms with Crippen LogP contribution >= 0.6 is 0 Å². The number of rotatable bonds is 1. The highest BCUT2D eigenvalue weighted by Gasteiger charge is 2.07. The molecule has 0 aliphatic rings. The molecule has 0 aliphatic heterocycles. The van der Waals surface area contributed by atoms with Gasteiger partial charge in [-0.15, -0.1) is 0 Å². The molecule has 0 amide bonds. The Morgan fingerprint density at radius 3 is 2.33 bits per heavy atom.